The summed E-state index contributed by atoms with van der Waals surface area (Å²) in [6.07, 6.45) is 0. The van der Waals surface area contributed by atoms with Crippen LogP contribution in [0, 0.1) is 10.1 Å². The lowest BCUT2D eigenvalue weighted by Gasteiger charge is -2.41. The van der Waals surface area contributed by atoms with Gasteiger partial charge in [-0.25, -0.2) is 13.6 Å². The van der Waals surface area contributed by atoms with Gasteiger partial charge in [0, 0.05) is 12.6 Å². The molecule has 2 N–H and O–H groups in total. The van der Waals surface area contributed by atoms with Gasteiger partial charge in [-0.2, -0.15) is 0 Å². The fourth-order valence-electron chi connectivity index (χ4n) is 3.13. The van der Waals surface area contributed by atoms with Gasteiger partial charge in [-0.15, -0.1) is 0 Å². The molecule has 1 saturated heterocycles. The monoisotopic (exact) mass is 377 g/mol. The van der Waals surface area contributed by atoms with E-state index >= 15 is 0 Å². The van der Waals surface area contributed by atoms with E-state index in [1.54, 1.807) is 0 Å². The average Bonchev–Trinajstić information content (AvgIpc) is 2.61. The largest absolute Gasteiger partial charge is 0.367 e. The Labute approximate surface area is 151 Å². The number of sulfonamides is 1. The molecule has 1 unspecified atom stereocenters. The van der Waals surface area contributed by atoms with E-state index in [0.29, 0.717) is 25.4 Å². The minimum Gasteiger partial charge on any atom is -0.367 e. The lowest BCUT2D eigenvalue weighted by atomic mass is 9.93. The van der Waals surface area contributed by atoms with Crippen molar-refractivity contribution in [1.29, 1.82) is 0 Å². The first kappa shape index (κ1) is 18.3. The van der Waals surface area contributed by atoms with Gasteiger partial charge in [0.1, 0.15) is 11.3 Å². The minimum absolute atomic E-state index is 0.285. The van der Waals surface area contributed by atoms with Gasteiger partial charge in [0.25, 0.3) is 5.69 Å². The van der Waals surface area contributed by atoms with Crippen molar-refractivity contribution >= 4 is 21.4 Å². The number of benzene rings is 2. The third-order valence-corrected chi connectivity index (χ3v) is 5.38. The van der Waals surface area contributed by atoms with Crippen LogP contribution in [0.25, 0.3) is 0 Å². The molecule has 0 bridgehead atoms. The molecule has 1 aliphatic heterocycles. The fourth-order valence-corrected chi connectivity index (χ4v) is 3.67. The summed E-state index contributed by atoms with van der Waals surface area (Å²) in [5.41, 5.74) is 0.377. The van der Waals surface area contributed by atoms with Crippen molar-refractivity contribution in [1.82, 2.24) is 0 Å². The molecule has 3 rings (SSSR count). The van der Waals surface area contributed by atoms with E-state index in [0.717, 1.165) is 11.6 Å². The molecule has 0 aromatic heterocycles. The van der Waals surface area contributed by atoms with Crippen molar-refractivity contribution in [2.75, 3.05) is 24.6 Å². The van der Waals surface area contributed by atoms with Crippen LogP contribution in [0.1, 0.15) is 12.5 Å². The number of primary sulfonamides is 1. The van der Waals surface area contributed by atoms with Crippen LogP contribution in [0.15, 0.2) is 53.4 Å². The molecule has 2 aromatic rings. The number of ether oxygens (including phenoxy) is 1. The number of rotatable bonds is 4. The SMILES string of the molecule is CC1(c2ccccc2)CN(c2ccc(S(N)(=O)=O)cc2[N+](=O)[O-])CCO1. The molecule has 0 saturated carbocycles. The lowest BCUT2D eigenvalue weighted by molar-refractivity contribution is -0.384. The second kappa shape index (κ2) is 6.67. The van der Waals surface area contributed by atoms with Crippen molar-refractivity contribution in [2.24, 2.45) is 5.14 Å². The third kappa shape index (κ3) is 3.55. The molecule has 138 valence electrons. The highest BCUT2D eigenvalue weighted by Crippen LogP contribution is 2.36. The molecule has 0 aliphatic carbocycles. The molecule has 9 heteroatoms. The highest BCUT2D eigenvalue weighted by molar-refractivity contribution is 7.89. The van der Waals surface area contributed by atoms with Gasteiger partial charge in [0.2, 0.25) is 10.0 Å². The normalized spacial score (nSPS) is 20.8. The summed E-state index contributed by atoms with van der Waals surface area (Å²) in [7, 11) is -4.02. The Balaban J connectivity index is 1.99. The zero-order valence-electron chi connectivity index (χ0n) is 14.2. The van der Waals surface area contributed by atoms with Gasteiger partial charge < -0.3 is 9.64 Å². The highest BCUT2D eigenvalue weighted by atomic mass is 32.2. The first-order chi connectivity index (χ1) is 12.2. The van der Waals surface area contributed by atoms with Crippen LogP contribution in [-0.2, 0) is 20.4 Å². The first-order valence-corrected chi connectivity index (χ1v) is 9.51. The molecule has 1 atom stereocenters. The summed E-state index contributed by atoms with van der Waals surface area (Å²) >= 11 is 0. The number of hydrogen-bond donors (Lipinski definition) is 1. The standard InChI is InChI=1S/C17H19N3O5S/c1-17(13-5-3-2-4-6-13)12-19(9-10-25-17)15-8-7-14(26(18,23)24)11-16(15)20(21)22/h2-8,11H,9-10,12H2,1H3,(H2,18,23,24). The molecule has 8 nitrogen and oxygen atoms in total. The Hall–Kier alpha value is -2.49. The molecule has 2 aromatic carbocycles. The zero-order chi connectivity index (χ0) is 18.9. The summed E-state index contributed by atoms with van der Waals surface area (Å²) < 4.78 is 29.0. The molecule has 1 heterocycles. The topological polar surface area (TPSA) is 116 Å². The van der Waals surface area contributed by atoms with E-state index in [2.05, 4.69) is 0 Å². The number of nitro benzene ring substituents is 1. The van der Waals surface area contributed by atoms with E-state index < -0.39 is 20.5 Å². The van der Waals surface area contributed by atoms with Gasteiger partial charge in [0.05, 0.1) is 23.0 Å². The van der Waals surface area contributed by atoms with Crippen LogP contribution < -0.4 is 10.0 Å². The van der Waals surface area contributed by atoms with Crippen LogP contribution >= 0.6 is 0 Å². The van der Waals surface area contributed by atoms with E-state index in [-0.39, 0.29) is 10.6 Å². The Morgan fingerprint density at radius 3 is 2.54 bits per heavy atom. The van der Waals surface area contributed by atoms with E-state index in [1.807, 2.05) is 42.2 Å². The number of nitrogens with zero attached hydrogens (tertiary/aromatic N) is 2. The van der Waals surface area contributed by atoms with Crippen LogP contribution in [0.3, 0.4) is 0 Å². The number of nitro groups is 1. The Morgan fingerprint density at radius 2 is 1.92 bits per heavy atom. The van der Waals surface area contributed by atoms with Crippen molar-refractivity contribution in [3.05, 3.63) is 64.2 Å². The second-order valence-electron chi connectivity index (χ2n) is 6.32. The number of morpholine rings is 1. The summed E-state index contributed by atoms with van der Waals surface area (Å²) in [6, 6.07) is 13.3. The maximum Gasteiger partial charge on any atom is 0.293 e. The van der Waals surface area contributed by atoms with Crippen molar-refractivity contribution in [2.45, 2.75) is 17.4 Å². The predicted molar refractivity (Wildman–Crippen MR) is 96.4 cm³/mol. The summed E-state index contributed by atoms with van der Waals surface area (Å²) in [4.78, 5) is 12.4. The van der Waals surface area contributed by atoms with Crippen molar-refractivity contribution in [3.8, 4) is 0 Å². The van der Waals surface area contributed by atoms with Crippen molar-refractivity contribution in [3.63, 3.8) is 0 Å². The van der Waals surface area contributed by atoms with Gasteiger partial charge in [-0.3, -0.25) is 10.1 Å². The van der Waals surface area contributed by atoms with Gasteiger partial charge in [0.15, 0.2) is 0 Å². The zero-order valence-corrected chi connectivity index (χ0v) is 15.0. The molecular weight excluding hydrogens is 358 g/mol. The number of nitrogens with two attached hydrogens (primary N) is 1. The third-order valence-electron chi connectivity index (χ3n) is 4.47. The number of anilines is 1. The summed E-state index contributed by atoms with van der Waals surface area (Å²) in [5, 5.41) is 16.6. The van der Waals surface area contributed by atoms with E-state index in [1.165, 1.54) is 12.1 Å². The Kier molecular flexibility index (Phi) is 4.70. The first-order valence-electron chi connectivity index (χ1n) is 7.96. The van der Waals surface area contributed by atoms with Crippen molar-refractivity contribution < 1.29 is 18.1 Å². The Bertz CT molecular complexity index is 933. The molecular formula is C17H19N3O5S. The fraction of sp³-hybridized carbons (Fsp3) is 0.294. The molecule has 0 amide bonds. The highest BCUT2D eigenvalue weighted by Gasteiger charge is 2.36. The summed E-state index contributed by atoms with van der Waals surface area (Å²) in [6.45, 7) is 3.17. The van der Waals surface area contributed by atoms with Crippen LogP contribution in [0.4, 0.5) is 11.4 Å². The maximum absolute atomic E-state index is 11.5. The molecule has 1 fully saturated rings. The second-order valence-corrected chi connectivity index (χ2v) is 7.88. The van der Waals surface area contributed by atoms with Gasteiger partial charge in [-0.1, -0.05) is 30.3 Å². The molecule has 26 heavy (non-hydrogen) atoms. The van der Waals surface area contributed by atoms with Crippen LogP contribution in [0.2, 0.25) is 0 Å². The van der Waals surface area contributed by atoms with Crippen LogP contribution in [0.5, 0.6) is 0 Å². The maximum atomic E-state index is 11.5. The molecule has 0 spiro atoms. The number of hydrogen-bond acceptors (Lipinski definition) is 6. The quantitative estimate of drug-likeness (QED) is 0.643. The molecule has 0 radical (unpaired) electrons. The van der Waals surface area contributed by atoms with E-state index in [9.17, 15) is 18.5 Å². The average molecular weight is 377 g/mol. The summed E-state index contributed by atoms with van der Waals surface area (Å²) in [5.74, 6) is 0. The predicted octanol–water partition coefficient (Wildman–Crippen LogP) is 1.99. The van der Waals surface area contributed by atoms with Gasteiger partial charge >= 0.3 is 0 Å². The Morgan fingerprint density at radius 1 is 1.23 bits per heavy atom. The molecule has 1 aliphatic rings. The van der Waals surface area contributed by atoms with Crippen LogP contribution in [-0.4, -0.2) is 33.0 Å². The van der Waals surface area contributed by atoms with Gasteiger partial charge in [-0.05, 0) is 24.6 Å². The smallest absolute Gasteiger partial charge is 0.293 e. The minimum atomic E-state index is -4.02. The lowest BCUT2D eigenvalue weighted by Crippen LogP contribution is -2.48. The van der Waals surface area contributed by atoms with E-state index in [4.69, 9.17) is 9.88 Å².